The van der Waals surface area contributed by atoms with E-state index in [2.05, 4.69) is 15.4 Å². The number of rotatable bonds is 7. The van der Waals surface area contributed by atoms with Crippen molar-refractivity contribution in [3.8, 4) is 0 Å². The Kier molecular flexibility index (Phi) is 6.91. The second-order valence-corrected chi connectivity index (χ2v) is 3.53. The number of carbonyl (C=O) groups excluding carboxylic acids is 3. The van der Waals surface area contributed by atoms with Crippen LogP contribution < -0.4 is 10.6 Å². The zero-order valence-electron chi connectivity index (χ0n) is 9.78. The Morgan fingerprint density at radius 2 is 2.00 bits per heavy atom. The number of amides is 2. The minimum atomic E-state index is -0.632. The summed E-state index contributed by atoms with van der Waals surface area (Å²) in [5.41, 5.74) is 0. The second kappa shape index (κ2) is 7.67. The molecule has 0 unspecified atom stereocenters. The highest BCUT2D eigenvalue weighted by molar-refractivity contribution is 5.87. The molecule has 2 N–H and O–H groups in total. The molecule has 0 radical (unpaired) electrons. The Morgan fingerprint density at radius 1 is 1.38 bits per heavy atom. The van der Waals surface area contributed by atoms with E-state index in [4.69, 9.17) is 0 Å². The van der Waals surface area contributed by atoms with Crippen molar-refractivity contribution < 1.29 is 19.1 Å². The maximum atomic E-state index is 11.5. The molecule has 0 saturated heterocycles. The average Bonchev–Trinajstić information content (AvgIpc) is 2.22. The van der Waals surface area contributed by atoms with E-state index in [0.29, 0.717) is 6.41 Å². The van der Waals surface area contributed by atoms with Crippen LogP contribution in [-0.2, 0) is 19.1 Å². The summed E-state index contributed by atoms with van der Waals surface area (Å²) in [5, 5.41) is 4.79. The molecule has 2 amide bonds. The lowest BCUT2D eigenvalue weighted by atomic mass is 10.0. The standard InChI is InChI=1S/C10H18N2O4/c1-4-16-8(14)5-11-10(15)9(7(2)3)12-6-13/h6-7,9H,4-5H2,1-3H3,(H,11,15)(H,12,13)/t9-/m0/s1. The van der Waals surface area contributed by atoms with E-state index in [1.807, 2.05) is 0 Å². The molecule has 92 valence electrons. The monoisotopic (exact) mass is 230 g/mol. The Hall–Kier alpha value is -1.59. The predicted octanol–water partition coefficient (Wildman–Crippen LogP) is -0.564. The molecule has 1 atom stereocenters. The van der Waals surface area contributed by atoms with Crippen LogP contribution in [0.1, 0.15) is 20.8 Å². The zero-order chi connectivity index (χ0) is 12.6. The maximum absolute atomic E-state index is 11.5. The summed E-state index contributed by atoms with van der Waals surface area (Å²) in [5.74, 6) is -0.938. The van der Waals surface area contributed by atoms with Gasteiger partial charge in [0.05, 0.1) is 6.61 Å². The van der Waals surface area contributed by atoms with Gasteiger partial charge < -0.3 is 15.4 Å². The molecule has 0 aliphatic rings. The summed E-state index contributed by atoms with van der Waals surface area (Å²) in [6.07, 6.45) is 0.467. The first-order chi connectivity index (χ1) is 7.52. The minimum Gasteiger partial charge on any atom is -0.465 e. The van der Waals surface area contributed by atoms with Gasteiger partial charge in [0.1, 0.15) is 12.6 Å². The first-order valence-electron chi connectivity index (χ1n) is 5.16. The second-order valence-electron chi connectivity index (χ2n) is 3.53. The van der Waals surface area contributed by atoms with E-state index in [1.165, 1.54) is 0 Å². The van der Waals surface area contributed by atoms with Gasteiger partial charge in [-0.2, -0.15) is 0 Å². The van der Waals surface area contributed by atoms with Crippen molar-refractivity contribution in [1.29, 1.82) is 0 Å². The Bertz CT molecular complexity index is 253. The van der Waals surface area contributed by atoms with Crippen molar-refractivity contribution in [1.82, 2.24) is 10.6 Å². The highest BCUT2D eigenvalue weighted by Crippen LogP contribution is 2.00. The first-order valence-corrected chi connectivity index (χ1v) is 5.16. The number of hydrogen-bond donors (Lipinski definition) is 2. The van der Waals surface area contributed by atoms with Crippen LogP contribution in [-0.4, -0.2) is 37.5 Å². The van der Waals surface area contributed by atoms with E-state index >= 15 is 0 Å². The molecule has 0 aliphatic carbocycles. The lowest BCUT2D eigenvalue weighted by Crippen LogP contribution is -2.48. The van der Waals surface area contributed by atoms with Crippen LogP contribution in [0.2, 0.25) is 0 Å². The van der Waals surface area contributed by atoms with Gasteiger partial charge in [-0.05, 0) is 12.8 Å². The molecule has 0 aromatic carbocycles. The average molecular weight is 230 g/mol. The summed E-state index contributed by atoms with van der Waals surface area (Å²) in [4.78, 5) is 32.8. The Morgan fingerprint density at radius 3 is 2.44 bits per heavy atom. The molecule has 0 aromatic rings. The lowest BCUT2D eigenvalue weighted by molar-refractivity contribution is -0.143. The highest BCUT2D eigenvalue weighted by atomic mass is 16.5. The first kappa shape index (κ1) is 14.4. The maximum Gasteiger partial charge on any atom is 0.325 e. The number of ether oxygens (including phenoxy) is 1. The molecule has 0 fully saturated rings. The summed E-state index contributed by atoms with van der Waals surface area (Å²) in [7, 11) is 0. The zero-order valence-corrected chi connectivity index (χ0v) is 9.78. The van der Waals surface area contributed by atoms with Gasteiger partial charge in [-0.1, -0.05) is 13.8 Å². The third-order valence-corrected chi connectivity index (χ3v) is 1.91. The Labute approximate surface area is 94.7 Å². The number of nitrogens with one attached hydrogen (secondary N) is 2. The molecule has 6 heteroatoms. The van der Waals surface area contributed by atoms with Crippen molar-refractivity contribution in [3.05, 3.63) is 0 Å². The van der Waals surface area contributed by atoms with Gasteiger partial charge >= 0.3 is 5.97 Å². The van der Waals surface area contributed by atoms with Gasteiger partial charge in [-0.3, -0.25) is 14.4 Å². The molecule has 0 spiro atoms. The van der Waals surface area contributed by atoms with Crippen LogP contribution in [0.3, 0.4) is 0 Å². The van der Waals surface area contributed by atoms with E-state index in [1.54, 1.807) is 20.8 Å². The molecule has 16 heavy (non-hydrogen) atoms. The Balaban J connectivity index is 4.10. The van der Waals surface area contributed by atoms with Gasteiger partial charge in [0.25, 0.3) is 0 Å². The van der Waals surface area contributed by atoms with E-state index in [9.17, 15) is 14.4 Å². The minimum absolute atomic E-state index is 0.0487. The molecule has 0 aromatic heterocycles. The van der Waals surface area contributed by atoms with Crippen LogP contribution in [0.4, 0.5) is 0 Å². The van der Waals surface area contributed by atoms with E-state index < -0.39 is 17.9 Å². The van der Waals surface area contributed by atoms with Gasteiger partial charge in [-0.15, -0.1) is 0 Å². The van der Waals surface area contributed by atoms with E-state index in [0.717, 1.165) is 0 Å². The topological polar surface area (TPSA) is 84.5 Å². The van der Waals surface area contributed by atoms with Crippen molar-refractivity contribution in [2.75, 3.05) is 13.2 Å². The molecule has 0 heterocycles. The molecule has 0 rings (SSSR count). The fourth-order valence-electron chi connectivity index (χ4n) is 1.13. The van der Waals surface area contributed by atoms with Crippen LogP contribution >= 0.6 is 0 Å². The third-order valence-electron chi connectivity index (χ3n) is 1.91. The number of esters is 1. The SMILES string of the molecule is CCOC(=O)CNC(=O)[C@@H](NC=O)C(C)C. The lowest BCUT2D eigenvalue weighted by Gasteiger charge is -2.18. The van der Waals surface area contributed by atoms with Crippen LogP contribution in [0.15, 0.2) is 0 Å². The number of hydrogen-bond acceptors (Lipinski definition) is 4. The summed E-state index contributed by atoms with van der Waals surface area (Å²) >= 11 is 0. The van der Waals surface area contributed by atoms with E-state index in [-0.39, 0.29) is 19.1 Å². The van der Waals surface area contributed by atoms with Crippen molar-refractivity contribution in [2.45, 2.75) is 26.8 Å². The summed E-state index contributed by atoms with van der Waals surface area (Å²) in [6.45, 7) is 5.37. The van der Waals surface area contributed by atoms with Gasteiger partial charge in [0.15, 0.2) is 0 Å². The largest absolute Gasteiger partial charge is 0.465 e. The van der Waals surface area contributed by atoms with Gasteiger partial charge in [-0.25, -0.2) is 0 Å². The third kappa shape index (κ3) is 5.33. The molecular formula is C10H18N2O4. The molecule has 0 saturated carbocycles. The predicted molar refractivity (Wildman–Crippen MR) is 57.5 cm³/mol. The van der Waals surface area contributed by atoms with Crippen molar-refractivity contribution in [2.24, 2.45) is 5.92 Å². The van der Waals surface area contributed by atoms with Crippen molar-refractivity contribution in [3.63, 3.8) is 0 Å². The number of carbonyl (C=O) groups is 3. The summed E-state index contributed by atoms with van der Waals surface area (Å²) in [6, 6.07) is -0.632. The highest BCUT2D eigenvalue weighted by Gasteiger charge is 2.21. The molecule has 0 aliphatic heterocycles. The van der Waals surface area contributed by atoms with Crippen LogP contribution in [0, 0.1) is 5.92 Å². The fourth-order valence-corrected chi connectivity index (χ4v) is 1.13. The van der Waals surface area contributed by atoms with Gasteiger partial charge in [0, 0.05) is 0 Å². The van der Waals surface area contributed by atoms with Crippen LogP contribution in [0.25, 0.3) is 0 Å². The molecular weight excluding hydrogens is 212 g/mol. The summed E-state index contributed by atoms with van der Waals surface area (Å²) < 4.78 is 4.65. The fraction of sp³-hybridized carbons (Fsp3) is 0.700. The molecule has 0 bridgehead atoms. The molecule has 6 nitrogen and oxygen atoms in total. The quantitative estimate of drug-likeness (QED) is 0.453. The van der Waals surface area contributed by atoms with Gasteiger partial charge in [0.2, 0.25) is 12.3 Å². The van der Waals surface area contributed by atoms with Crippen LogP contribution in [0.5, 0.6) is 0 Å². The van der Waals surface area contributed by atoms with Crippen molar-refractivity contribution >= 4 is 18.3 Å². The normalized spacial score (nSPS) is 11.8. The smallest absolute Gasteiger partial charge is 0.325 e.